The molecule has 0 saturated heterocycles. The van der Waals surface area contributed by atoms with E-state index in [1.807, 2.05) is 13.8 Å². The van der Waals surface area contributed by atoms with Gasteiger partial charge in [0, 0.05) is 16.7 Å². The first-order valence-electron chi connectivity index (χ1n) is 13.0. The molecular weight excluding hydrogens is 436 g/mol. The van der Waals surface area contributed by atoms with Crippen molar-refractivity contribution >= 4 is 5.78 Å². The minimum Gasteiger partial charge on any atom is -0.393 e. The van der Waals surface area contributed by atoms with Gasteiger partial charge in [0.15, 0.2) is 5.78 Å². The molecule has 3 fully saturated rings. The van der Waals surface area contributed by atoms with Crippen molar-refractivity contribution in [3.05, 3.63) is 11.6 Å². The van der Waals surface area contributed by atoms with Crippen LogP contribution < -0.4 is 0 Å². The third-order valence-electron chi connectivity index (χ3n) is 10.6. The lowest BCUT2D eigenvalue weighted by molar-refractivity contribution is -0.183. The van der Waals surface area contributed by atoms with Gasteiger partial charge in [0.05, 0.1) is 35.1 Å². The predicted octanol–water partition coefficient (Wildman–Crippen LogP) is 1.85. The summed E-state index contributed by atoms with van der Waals surface area (Å²) in [5, 5.41) is 66.1. The van der Waals surface area contributed by atoms with E-state index in [1.54, 1.807) is 26.8 Å². The second-order valence-corrected chi connectivity index (χ2v) is 13.1. The van der Waals surface area contributed by atoms with Gasteiger partial charge in [-0.3, -0.25) is 4.79 Å². The number of carbonyl (C=O) groups excluding carboxylic acids is 1. The van der Waals surface area contributed by atoms with Crippen molar-refractivity contribution in [1.82, 2.24) is 0 Å². The standard InChI is InChI=1S/C27H44O7/c1-23(2,32)9-8-21(30)26(5,33)20-7-11-27(34)17-14-19(29)18-12-15(28)13-22(31)25(18,4)16(17)6-10-24(20,27)3/h14-16,18,20-22,28,30-34H,6-13H2,1-5H3/t15-,16+,18-,20+,21-,22-,24-,25-,26-,27-/m1/s1. The molecule has 10 atom stereocenters. The van der Waals surface area contributed by atoms with E-state index >= 15 is 0 Å². The van der Waals surface area contributed by atoms with Crippen molar-refractivity contribution in [2.75, 3.05) is 0 Å². The molecule has 7 nitrogen and oxygen atoms in total. The first kappa shape index (κ1) is 26.2. The van der Waals surface area contributed by atoms with Crippen LogP contribution in [0.4, 0.5) is 0 Å². The van der Waals surface area contributed by atoms with E-state index < -0.39 is 57.8 Å². The van der Waals surface area contributed by atoms with Gasteiger partial charge in [-0.15, -0.1) is 0 Å². The molecule has 0 spiro atoms. The van der Waals surface area contributed by atoms with Crippen LogP contribution in [0.25, 0.3) is 0 Å². The van der Waals surface area contributed by atoms with Gasteiger partial charge in [0.2, 0.25) is 0 Å². The van der Waals surface area contributed by atoms with Crippen molar-refractivity contribution in [1.29, 1.82) is 0 Å². The minimum absolute atomic E-state index is 0.148. The maximum Gasteiger partial charge on any atom is 0.159 e. The summed E-state index contributed by atoms with van der Waals surface area (Å²) in [6, 6.07) is 0. The Morgan fingerprint density at radius 2 is 1.71 bits per heavy atom. The summed E-state index contributed by atoms with van der Waals surface area (Å²) in [7, 11) is 0. The Morgan fingerprint density at radius 3 is 2.32 bits per heavy atom. The minimum atomic E-state index is -1.47. The molecule has 194 valence electrons. The molecular formula is C27H44O7. The largest absolute Gasteiger partial charge is 0.393 e. The predicted molar refractivity (Wildman–Crippen MR) is 127 cm³/mol. The third-order valence-corrected chi connectivity index (χ3v) is 10.6. The maximum atomic E-state index is 13.3. The zero-order chi connectivity index (χ0) is 25.5. The Hall–Kier alpha value is -0.830. The maximum absolute atomic E-state index is 13.3. The normalized spacial score (nSPS) is 47.2. The van der Waals surface area contributed by atoms with Crippen LogP contribution in [-0.2, 0) is 4.79 Å². The number of aliphatic hydroxyl groups is 6. The molecule has 4 aliphatic rings. The van der Waals surface area contributed by atoms with E-state index in [0.717, 1.165) is 0 Å². The van der Waals surface area contributed by atoms with Crippen molar-refractivity contribution in [2.45, 2.75) is 121 Å². The smallest absolute Gasteiger partial charge is 0.159 e. The number of ketones is 1. The highest BCUT2D eigenvalue weighted by molar-refractivity contribution is 5.95. The Labute approximate surface area is 202 Å². The van der Waals surface area contributed by atoms with Gasteiger partial charge in [0.1, 0.15) is 0 Å². The topological polar surface area (TPSA) is 138 Å². The highest BCUT2D eigenvalue weighted by Gasteiger charge is 2.69. The molecule has 34 heavy (non-hydrogen) atoms. The molecule has 6 N–H and O–H groups in total. The molecule has 0 aromatic rings. The number of aliphatic hydroxyl groups excluding tert-OH is 3. The molecule has 0 heterocycles. The fraction of sp³-hybridized carbons (Fsp3) is 0.889. The molecule has 0 unspecified atom stereocenters. The molecule has 0 aliphatic heterocycles. The molecule has 4 aliphatic carbocycles. The van der Waals surface area contributed by atoms with Gasteiger partial charge < -0.3 is 30.6 Å². The van der Waals surface area contributed by atoms with E-state index in [-0.39, 0.29) is 24.5 Å². The van der Waals surface area contributed by atoms with E-state index in [1.165, 1.54) is 0 Å². The lowest BCUT2D eigenvalue weighted by Crippen LogP contribution is -2.64. The lowest BCUT2D eigenvalue weighted by atomic mass is 9.45. The lowest BCUT2D eigenvalue weighted by Gasteiger charge is -2.61. The zero-order valence-corrected chi connectivity index (χ0v) is 21.3. The van der Waals surface area contributed by atoms with Crippen LogP contribution >= 0.6 is 0 Å². The number of allylic oxidation sites excluding steroid dienone is 1. The van der Waals surface area contributed by atoms with Crippen LogP contribution in [0.3, 0.4) is 0 Å². The average molecular weight is 481 g/mol. The molecule has 7 heteroatoms. The molecule has 0 aromatic carbocycles. The number of rotatable bonds is 5. The van der Waals surface area contributed by atoms with Crippen LogP contribution in [0.5, 0.6) is 0 Å². The monoisotopic (exact) mass is 480 g/mol. The van der Waals surface area contributed by atoms with Crippen molar-refractivity contribution in [3.63, 3.8) is 0 Å². The van der Waals surface area contributed by atoms with Crippen molar-refractivity contribution in [2.24, 2.45) is 28.6 Å². The Kier molecular flexibility index (Phi) is 6.24. The average Bonchev–Trinajstić information content (AvgIpc) is 3.00. The van der Waals surface area contributed by atoms with E-state index in [2.05, 4.69) is 0 Å². The van der Waals surface area contributed by atoms with Crippen LogP contribution in [0.15, 0.2) is 11.6 Å². The number of carbonyl (C=O) groups is 1. The van der Waals surface area contributed by atoms with Crippen molar-refractivity contribution < 1.29 is 35.4 Å². The van der Waals surface area contributed by atoms with Gasteiger partial charge in [-0.25, -0.2) is 0 Å². The van der Waals surface area contributed by atoms with Crippen molar-refractivity contribution in [3.8, 4) is 0 Å². The summed E-state index contributed by atoms with van der Waals surface area (Å²) < 4.78 is 0. The summed E-state index contributed by atoms with van der Waals surface area (Å²) >= 11 is 0. The SMILES string of the molecule is CC(C)(O)CC[C@@H](O)[C@](C)(O)[C@H]1CC[C@@]2(O)C3=CC(=O)[C@H]4C[C@@H](O)C[C@@H](O)[C@]4(C)[C@H]3CC[C@]12C. The summed E-state index contributed by atoms with van der Waals surface area (Å²) in [6.45, 7) is 8.85. The van der Waals surface area contributed by atoms with Gasteiger partial charge in [-0.1, -0.05) is 13.8 Å². The third kappa shape index (κ3) is 3.65. The zero-order valence-electron chi connectivity index (χ0n) is 21.3. The first-order valence-corrected chi connectivity index (χ1v) is 13.0. The summed E-state index contributed by atoms with van der Waals surface area (Å²) in [5.41, 5.74) is -4.59. The molecule has 3 saturated carbocycles. The summed E-state index contributed by atoms with van der Waals surface area (Å²) in [5.74, 6) is -1.21. The Balaban J connectivity index is 1.68. The molecule has 0 aromatic heterocycles. The van der Waals surface area contributed by atoms with Gasteiger partial charge in [0.25, 0.3) is 0 Å². The fourth-order valence-electron chi connectivity index (χ4n) is 8.32. The first-order chi connectivity index (χ1) is 15.5. The van der Waals surface area contributed by atoms with Crippen LogP contribution in [0, 0.1) is 28.6 Å². The second kappa shape index (κ2) is 8.09. The Morgan fingerprint density at radius 1 is 1.06 bits per heavy atom. The molecule has 0 bridgehead atoms. The van der Waals surface area contributed by atoms with Gasteiger partial charge in [-0.2, -0.15) is 0 Å². The molecule has 4 rings (SSSR count). The molecule has 0 radical (unpaired) electrons. The van der Waals surface area contributed by atoms with Crippen LogP contribution in [0.2, 0.25) is 0 Å². The highest BCUT2D eigenvalue weighted by Crippen LogP contribution is 2.68. The van der Waals surface area contributed by atoms with Crippen LogP contribution in [0.1, 0.15) is 86.0 Å². The van der Waals surface area contributed by atoms with Gasteiger partial charge >= 0.3 is 0 Å². The van der Waals surface area contributed by atoms with E-state index in [4.69, 9.17) is 0 Å². The number of hydrogen-bond donors (Lipinski definition) is 6. The second-order valence-electron chi connectivity index (χ2n) is 13.1. The Bertz CT molecular complexity index is 860. The highest BCUT2D eigenvalue weighted by atomic mass is 16.3. The summed E-state index contributed by atoms with van der Waals surface area (Å²) in [6.07, 6.45) is 2.21. The van der Waals surface area contributed by atoms with Crippen LogP contribution in [-0.4, -0.2) is 71.5 Å². The van der Waals surface area contributed by atoms with E-state index in [9.17, 15) is 35.4 Å². The number of hydrogen-bond acceptors (Lipinski definition) is 7. The van der Waals surface area contributed by atoms with Gasteiger partial charge in [-0.05, 0) is 95.6 Å². The molecule has 0 amide bonds. The number of fused-ring (bicyclic) bond motifs is 5. The fourth-order valence-corrected chi connectivity index (χ4v) is 8.32. The van der Waals surface area contributed by atoms with E-state index in [0.29, 0.717) is 44.1 Å². The quantitative estimate of drug-likeness (QED) is 0.353. The summed E-state index contributed by atoms with van der Waals surface area (Å²) in [4.78, 5) is 13.3.